The largest absolute Gasteiger partial charge is 0.478 e. The normalized spacial score (nSPS) is 10.4. The van der Waals surface area contributed by atoms with Crippen molar-refractivity contribution in [2.75, 3.05) is 38.8 Å². The molecule has 1 amide bonds. The highest BCUT2D eigenvalue weighted by Gasteiger charge is 2.12. The maximum absolute atomic E-state index is 11.9. The van der Waals surface area contributed by atoms with Gasteiger partial charge in [0.15, 0.2) is 0 Å². The van der Waals surface area contributed by atoms with Crippen LogP contribution >= 0.6 is 11.8 Å². The summed E-state index contributed by atoms with van der Waals surface area (Å²) in [5, 5.41) is 9.11. The number of amides is 1. The van der Waals surface area contributed by atoms with E-state index in [2.05, 4.69) is 0 Å². The molecule has 0 heterocycles. The van der Waals surface area contributed by atoms with Gasteiger partial charge in [0.2, 0.25) is 5.91 Å². The number of rotatable bonds is 9. The van der Waals surface area contributed by atoms with Crippen molar-refractivity contribution in [3.8, 4) is 0 Å². The first-order chi connectivity index (χ1) is 10.1. The van der Waals surface area contributed by atoms with Gasteiger partial charge in [-0.1, -0.05) is 18.2 Å². The van der Waals surface area contributed by atoms with Crippen molar-refractivity contribution in [1.82, 2.24) is 4.90 Å². The molecular formula is C15H21NO4S. The second-order valence-electron chi connectivity index (χ2n) is 4.57. The van der Waals surface area contributed by atoms with Gasteiger partial charge in [-0.2, -0.15) is 0 Å². The molecule has 0 aliphatic carbocycles. The van der Waals surface area contributed by atoms with Crippen molar-refractivity contribution in [3.05, 3.63) is 35.4 Å². The predicted molar refractivity (Wildman–Crippen MR) is 83.9 cm³/mol. The lowest BCUT2D eigenvalue weighted by molar-refractivity contribution is -0.127. The smallest absolute Gasteiger partial charge is 0.335 e. The van der Waals surface area contributed by atoms with E-state index in [-0.39, 0.29) is 5.91 Å². The van der Waals surface area contributed by atoms with E-state index in [1.807, 2.05) is 6.07 Å². The fraction of sp³-hybridized carbons (Fsp3) is 0.467. The molecule has 6 heteroatoms. The first-order valence-corrected chi connectivity index (χ1v) is 7.83. The molecule has 116 valence electrons. The predicted octanol–water partition coefficient (Wildman–Crippen LogP) is 1.77. The van der Waals surface area contributed by atoms with Crippen molar-refractivity contribution in [3.63, 3.8) is 0 Å². The quantitative estimate of drug-likeness (QED) is 0.704. The highest BCUT2D eigenvalue weighted by molar-refractivity contribution is 7.99. The zero-order chi connectivity index (χ0) is 15.7. The van der Waals surface area contributed by atoms with Gasteiger partial charge in [-0.3, -0.25) is 4.79 Å². The Kier molecular flexibility index (Phi) is 7.85. The molecule has 1 aromatic rings. The summed E-state index contributed by atoms with van der Waals surface area (Å²) in [6, 6.07) is 6.88. The minimum atomic E-state index is -0.935. The Morgan fingerprint density at radius 3 is 2.71 bits per heavy atom. The number of likely N-dealkylation sites (N-methyl/N-ethyl adjacent to an activating group) is 1. The van der Waals surface area contributed by atoms with Gasteiger partial charge in [-0.25, -0.2) is 4.79 Å². The number of thioether (sulfide) groups is 1. The molecule has 5 nitrogen and oxygen atoms in total. The molecule has 0 aliphatic heterocycles. The number of nitrogens with zero attached hydrogens (tertiary/aromatic N) is 1. The van der Waals surface area contributed by atoms with E-state index in [4.69, 9.17) is 9.84 Å². The molecule has 0 saturated carbocycles. The number of hydrogen-bond acceptors (Lipinski definition) is 4. The van der Waals surface area contributed by atoms with Gasteiger partial charge in [0.25, 0.3) is 0 Å². The first kappa shape index (κ1) is 17.5. The van der Waals surface area contributed by atoms with Crippen LogP contribution in [-0.4, -0.2) is 60.7 Å². The third kappa shape index (κ3) is 6.18. The molecule has 0 radical (unpaired) electrons. The molecule has 1 N–H and O–H groups in total. The summed E-state index contributed by atoms with van der Waals surface area (Å²) < 4.78 is 4.92. The van der Waals surface area contributed by atoms with Crippen LogP contribution in [0.3, 0.4) is 0 Å². The Morgan fingerprint density at radius 2 is 2.05 bits per heavy atom. The Labute approximate surface area is 129 Å². The first-order valence-electron chi connectivity index (χ1n) is 6.68. The molecular weight excluding hydrogens is 290 g/mol. The summed E-state index contributed by atoms with van der Waals surface area (Å²) in [5.41, 5.74) is 1.05. The summed E-state index contributed by atoms with van der Waals surface area (Å²) in [7, 11) is 3.37. The maximum Gasteiger partial charge on any atom is 0.335 e. The molecule has 0 aromatic heterocycles. The van der Waals surface area contributed by atoms with Crippen molar-refractivity contribution in [2.45, 2.75) is 6.42 Å². The lowest BCUT2D eigenvalue weighted by atomic mass is 10.0. The number of hydrogen-bond donors (Lipinski definition) is 1. The fourth-order valence-electron chi connectivity index (χ4n) is 1.77. The summed E-state index contributed by atoms with van der Waals surface area (Å²) in [5.74, 6) is 0.317. The van der Waals surface area contributed by atoms with E-state index in [9.17, 15) is 9.59 Å². The Morgan fingerprint density at radius 1 is 1.33 bits per heavy atom. The van der Waals surface area contributed by atoms with Crippen LogP contribution in [0.4, 0.5) is 0 Å². The number of carbonyl (C=O) groups is 2. The molecule has 0 fully saturated rings. The number of carboxylic acids is 1. The molecule has 0 atom stereocenters. The van der Waals surface area contributed by atoms with Crippen molar-refractivity contribution in [2.24, 2.45) is 0 Å². The molecule has 1 rings (SSSR count). The number of ether oxygens (including phenoxy) is 1. The second-order valence-corrected chi connectivity index (χ2v) is 5.68. The monoisotopic (exact) mass is 311 g/mol. The van der Waals surface area contributed by atoms with Gasteiger partial charge >= 0.3 is 5.97 Å². The van der Waals surface area contributed by atoms with Crippen molar-refractivity contribution >= 4 is 23.6 Å². The van der Waals surface area contributed by atoms with E-state index < -0.39 is 5.97 Å². The van der Waals surface area contributed by atoms with Crippen LogP contribution in [-0.2, 0) is 16.0 Å². The number of aromatic carboxylic acids is 1. The van der Waals surface area contributed by atoms with Crippen molar-refractivity contribution in [1.29, 1.82) is 0 Å². The van der Waals surface area contributed by atoms with E-state index in [1.165, 1.54) is 11.8 Å². The van der Waals surface area contributed by atoms with Gasteiger partial charge in [-0.15, -0.1) is 11.8 Å². The number of benzene rings is 1. The third-order valence-electron chi connectivity index (χ3n) is 3.05. The third-order valence-corrected chi connectivity index (χ3v) is 3.95. The summed E-state index contributed by atoms with van der Waals surface area (Å²) in [6.07, 6.45) is 0.535. The standard InChI is InChI=1S/C15H21NO4S/c1-16(14(17)11-21-10-9-20-2)8-7-12-5-3-4-6-13(12)15(18)19/h3-6H,7-11H2,1-2H3,(H,18,19). The van der Waals surface area contributed by atoms with Crippen LogP contribution in [0.5, 0.6) is 0 Å². The average molecular weight is 311 g/mol. The van der Waals surface area contributed by atoms with E-state index >= 15 is 0 Å². The maximum atomic E-state index is 11.9. The lowest BCUT2D eigenvalue weighted by Gasteiger charge is -2.17. The molecule has 0 aliphatic rings. The van der Waals surface area contributed by atoms with Gasteiger partial charge in [-0.05, 0) is 18.1 Å². The zero-order valence-electron chi connectivity index (χ0n) is 12.4. The topological polar surface area (TPSA) is 66.8 Å². The van der Waals surface area contributed by atoms with Crippen molar-refractivity contribution < 1.29 is 19.4 Å². The minimum absolute atomic E-state index is 0.0453. The Bertz CT molecular complexity index is 478. The SMILES string of the molecule is COCCSCC(=O)N(C)CCc1ccccc1C(=O)O. The molecule has 0 bridgehead atoms. The van der Waals surface area contributed by atoms with Gasteiger partial charge in [0, 0.05) is 26.5 Å². The number of methoxy groups -OCH3 is 1. The van der Waals surface area contributed by atoms with Crippen LogP contribution in [0.15, 0.2) is 24.3 Å². The Balaban J connectivity index is 2.44. The van der Waals surface area contributed by atoms with Crippen LogP contribution in [0, 0.1) is 0 Å². The zero-order valence-corrected chi connectivity index (χ0v) is 13.2. The van der Waals surface area contributed by atoms with E-state index in [0.29, 0.717) is 30.9 Å². The van der Waals surface area contributed by atoms with E-state index in [0.717, 1.165) is 11.3 Å². The highest BCUT2D eigenvalue weighted by Crippen LogP contribution is 2.10. The summed E-state index contributed by atoms with van der Waals surface area (Å²) in [4.78, 5) is 24.6. The summed E-state index contributed by atoms with van der Waals surface area (Å²) >= 11 is 1.53. The Hall–Kier alpha value is -1.53. The summed E-state index contributed by atoms with van der Waals surface area (Å²) in [6.45, 7) is 1.14. The second kappa shape index (κ2) is 9.41. The minimum Gasteiger partial charge on any atom is -0.478 e. The lowest BCUT2D eigenvalue weighted by Crippen LogP contribution is -2.30. The molecule has 0 unspecified atom stereocenters. The molecule has 21 heavy (non-hydrogen) atoms. The molecule has 0 spiro atoms. The van der Waals surface area contributed by atoms with Crippen LogP contribution in [0.1, 0.15) is 15.9 Å². The van der Waals surface area contributed by atoms with Crippen LogP contribution in [0.2, 0.25) is 0 Å². The average Bonchev–Trinajstić information content (AvgIpc) is 2.49. The van der Waals surface area contributed by atoms with Gasteiger partial charge < -0.3 is 14.7 Å². The van der Waals surface area contributed by atoms with Gasteiger partial charge in [0.05, 0.1) is 17.9 Å². The molecule has 0 saturated heterocycles. The van der Waals surface area contributed by atoms with E-state index in [1.54, 1.807) is 37.3 Å². The molecule has 1 aromatic carbocycles. The fourth-order valence-corrected chi connectivity index (χ4v) is 2.60. The van der Waals surface area contributed by atoms with Gasteiger partial charge in [0.1, 0.15) is 0 Å². The highest BCUT2D eigenvalue weighted by atomic mass is 32.2. The number of carbonyl (C=O) groups excluding carboxylic acids is 1. The number of carboxylic acid groups (broad SMARTS) is 1. The van der Waals surface area contributed by atoms with Crippen LogP contribution < -0.4 is 0 Å². The van der Waals surface area contributed by atoms with Crippen LogP contribution in [0.25, 0.3) is 0 Å².